The van der Waals surface area contributed by atoms with Crippen LogP contribution in [0.1, 0.15) is 106 Å². The molecule has 6 rings (SSSR count). The van der Waals surface area contributed by atoms with Gasteiger partial charge in [-0.2, -0.15) is 0 Å². The lowest BCUT2D eigenvalue weighted by molar-refractivity contribution is -0.182. The molecule has 0 bridgehead atoms. The van der Waals surface area contributed by atoms with Gasteiger partial charge in [-0.1, -0.05) is 40.2 Å². The van der Waals surface area contributed by atoms with Crippen LogP contribution in [0.4, 0.5) is 0 Å². The molecule has 0 heterocycles. The molecule has 34 heavy (non-hydrogen) atoms. The molecule has 0 aliphatic heterocycles. The van der Waals surface area contributed by atoms with Gasteiger partial charge in [0.2, 0.25) is 0 Å². The Morgan fingerprint density at radius 2 is 1.53 bits per heavy atom. The number of carbonyl (C=O) groups excluding carboxylic acids is 2. The van der Waals surface area contributed by atoms with Crippen LogP contribution in [0.5, 0.6) is 0 Å². The molecule has 4 heteroatoms. The summed E-state index contributed by atoms with van der Waals surface area (Å²) in [5.74, 6) is 0.109. The van der Waals surface area contributed by atoms with E-state index in [1.54, 1.807) is 0 Å². The molecule has 0 aromatic rings. The van der Waals surface area contributed by atoms with Gasteiger partial charge in [0.05, 0.1) is 5.41 Å². The van der Waals surface area contributed by atoms with E-state index in [4.69, 9.17) is 0 Å². The van der Waals surface area contributed by atoms with Gasteiger partial charge in [0.25, 0.3) is 0 Å². The Balaban J connectivity index is 1.48. The normalized spacial score (nSPS) is 57.9. The second-order valence-corrected chi connectivity index (χ2v) is 14.9. The Labute approximate surface area is 204 Å². The summed E-state index contributed by atoms with van der Waals surface area (Å²) < 4.78 is 0. The predicted molar refractivity (Wildman–Crippen MR) is 130 cm³/mol. The average Bonchev–Trinajstić information content (AvgIpc) is 3.41. The van der Waals surface area contributed by atoms with Crippen LogP contribution in [0.2, 0.25) is 0 Å². The van der Waals surface area contributed by atoms with E-state index >= 15 is 0 Å². The highest BCUT2D eigenvalue weighted by molar-refractivity contribution is 5.97. The first kappa shape index (κ1) is 23.0. The molecule has 186 valence electrons. The van der Waals surface area contributed by atoms with Crippen LogP contribution < -0.4 is 0 Å². The van der Waals surface area contributed by atoms with Crippen LogP contribution in [-0.4, -0.2) is 22.6 Å². The van der Waals surface area contributed by atoms with E-state index in [1.807, 2.05) is 13.0 Å². The monoisotopic (exact) mass is 466 g/mol. The summed E-state index contributed by atoms with van der Waals surface area (Å²) in [4.78, 5) is 39.4. The molecule has 5 fully saturated rings. The van der Waals surface area contributed by atoms with Crippen molar-refractivity contribution < 1.29 is 19.5 Å². The highest BCUT2D eigenvalue weighted by Gasteiger charge is 2.82. The molecule has 1 N–H and O–H groups in total. The van der Waals surface area contributed by atoms with Crippen molar-refractivity contribution in [1.29, 1.82) is 0 Å². The minimum Gasteiger partial charge on any atom is -0.481 e. The number of carboxylic acid groups (broad SMARTS) is 1. The molecule has 0 unspecified atom stereocenters. The predicted octanol–water partition coefficient (Wildman–Crippen LogP) is 6.37. The fourth-order valence-electron chi connectivity index (χ4n) is 10.9. The summed E-state index contributed by atoms with van der Waals surface area (Å²) in [7, 11) is 0. The van der Waals surface area contributed by atoms with Crippen LogP contribution in [0.15, 0.2) is 11.6 Å². The van der Waals surface area contributed by atoms with Gasteiger partial charge in [0.1, 0.15) is 5.78 Å². The zero-order valence-corrected chi connectivity index (χ0v) is 22.0. The SMILES string of the molecule is C[C@]1(C(=O)O)CC[C@]2(C)CC[C@]3(C)C(=CC(=O)[C@@H]4[C@@]5(C)CCC(=O)[C@]6(C)C[C@]65CC[C@]43C)[C@H]2C1. The van der Waals surface area contributed by atoms with E-state index in [0.29, 0.717) is 18.6 Å². The number of hydrogen-bond donors (Lipinski definition) is 1. The molecule has 1 spiro atoms. The summed E-state index contributed by atoms with van der Waals surface area (Å²) in [6.07, 6.45) is 10.9. The number of rotatable bonds is 1. The quantitative estimate of drug-likeness (QED) is 0.487. The zero-order chi connectivity index (χ0) is 24.7. The van der Waals surface area contributed by atoms with Crippen LogP contribution in [0.25, 0.3) is 0 Å². The number of allylic oxidation sites excluding steroid dienone is 2. The van der Waals surface area contributed by atoms with E-state index in [0.717, 1.165) is 51.4 Å². The van der Waals surface area contributed by atoms with Crippen LogP contribution in [-0.2, 0) is 14.4 Å². The first-order valence-electron chi connectivity index (χ1n) is 13.7. The fourth-order valence-corrected chi connectivity index (χ4v) is 10.9. The molecular weight excluding hydrogens is 424 g/mol. The minimum absolute atomic E-state index is 0.00717. The topological polar surface area (TPSA) is 71.4 Å². The Bertz CT molecular complexity index is 1070. The van der Waals surface area contributed by atoms with Crippen molar-refractivity contribution in [1.82, 2.24) is 0 Å². The van der Waals surface area contributed by atoms with Gasteiger partial charge in [-0.3, -0.25) is 14.4 Å². The Morgan fingerprint density at radius 1 is 0.853 bits per heavy atom. The van der Waals surface area contributed by atoms with E-state index in [-0.39, 0.29) is 50.1 Å². The van der Waals surface area contributed by atoms with E-state index in [2.05, 4.69) is 34.6 Å². The van der Waals surface area contributed by atoms with Crippen molar-refractivity contribution in [3.8, 4) is 0 Å². The molecule has 4 nitrogen and oxygen atoms in total. The number of aliphatic carboxylic acids is 1. The maximum Gasteiger partial charge on any atom is 0.309 e. The van der Waals surface area contributed by atoms with Crippen LogP contribution in [0, 0.1) is 49.7 Å². The summed E-state index contributed by atoms with van der Waals surface area (Å²) >= 11 is 0. The molecule has 6 aliphatic rings. The largest absolute Gasteiger partial charge is 0.481 e. The van der Waals surface area contributed by atoms with Crippen molar-refractivity contribution in [2.45, 2.75) is 106 Å². The lowest BCUT2D eigenvalue weighted by Crippen LogP contribution is -2.65. The van der Waals surface area contributed by atoms with Gasteiger partial charge in [-0.05, 0) is 104 Å². The fraction of sp³-hybridized carbons (Fsp3) is 0.833. The second-order valence-electron chi connectivity index (χ2n) is 14.9. The van der Waals surface area contributed by atoms with Gasteiger partial charge < -0.3 is 5.11 Å². The van der Waals surface area contributed by atoms with E-state index in [9.17, 15) is 19.5 Å². The Kier molecular flexibility index (Phi) is 4.11. The van der Waals surface area contributed by atoms with Crippen molar-refractivity contribution in [3.63, 3.8) is 0 Å². The van der Waals surface area contributed by atoms with E-state index in [1.165, 1.54) is 5.57 Å². The summed E-state index contributed by atoms with van der Waals surface area (Å²) in [5, 5.41) is 10.1. The molecule has 0 saturated heterocycles. The molecule has 0 aromatic carbocycles. The van der Waals surface area contributed by atoms with Crippen molar-refractivity contribution in [2.24, 2.45) is 49.7 Å². The van der Waals surface area contributed by atoms with Gasteiger partial charge in [0, 0.05) is 17.8 Å². The average molecular weight is 467 g/mol. The lowest BCUT2D eigenvalue weighted by atomic mass is 9.34. The molecule has 0 aromatic heterocycles. The minimum atomic E-state index is -0.716. The van der Waals surface area contributed by atoms with Crippen LogP contribution in [0.3, 0.4) is 0 Å². The highest BCUT2D eigenvalue weighted by Crippen LogP contribution is 2.85. The van der Waals surface area contributed by atoms with Crippen molar-refractivity contribution in [3.05, 3.63) is 11.6 Å². The van der Waals surface area contributed by atoms with E-state index < -0.39 is 11.4 Å². The standard InChI is InChI=1S/C30H42O4/c1-24-9-10-25(2,23(33)34)16-19(24)18-15-20(31)22-27(4,26(18,3)12-11-24)13-14-30-17-29(30,6)21(32)7-8-28(22,30)5/h15,19,22H,7-14,16-17H2,1-6H3,(H,33,34)/t19-,22+,24-,25+,26-,27-,28-,29+,30+/m1/s1. The maximum atomic E-state index is 14.2. The maximum absolute atomic E-state index is 14.2. The molecule has 5 saturated carbocycles. The Morgan fingerprint density at radius 3 is 2.21 bits per heavy atom. The van der Waals surface area contributed by atoms with Gasteiger partial charge in [-0.15, -0.1) is 0 Å². The number of carboxylic acids is 1. The third kappa shape index (κ3) is 2.22. The molecule has 6 aliphatic carbocycles. The smallest absolute Gasteiger partial charge is 0.309 e. The second kappa shape index (κ2) is 6.09. The van der Waals surface area contributed by atoms with Crippen molar-refractivity contribution >= 4 is 17.5 Å². The molecule has 9 atom stereocenters. The number of hydrogen-bond acceptors (Lipinski definition) is 3. The molecule has 0 amide bonds. The first-order chi connectivity index (χ1) is 15.6. The number of ketones is 2. The number of Topliss-reactive ketones (excluding diaryl/α,β-unsaturated/α-hetero) is 1. The van der Waals surface area contributed by atoms with Gasteiger partial charge in [0.15, 0.2) is 5.78 Å². The lowest BCUT2D eigenvalue weighted by Gasteiger charge is -2.69. The zero-order valence-electron chi connectivity index (χ0n) is 22.0. The molecule has 0 radical (unpaired) electrons. The number of carbonyl (C=O) groups is 3. The third-order valence-corrected chi connectivity index (χ3v) is 13.8. The third-order valence-electron chi connectivity index (χ3n) is 13.8. The van der Waals surface area contributed by atoms with Gasteiger partial charge in [-0.25, -0.2) is 0 Å². The number of fused-ring (bicyclic) bond motifs is 6. The summed E-state index contributed by atoms with van der Waals surface area (Å²) in [6, 6.07) is 0. The Hall–Kier alpha value is -1.45. The molecular formula is C30H42O4. The van der Waals surface area contributed by atoms with Gasteiger partial charge >= 0.3 is 5.97 Å². The van der Waals surface area contributed by atoms with Crippen molar-refractivity contribution in [2.75, 3.05) is 0 Å². The first-order valence-corrected chi connectivity index (χ1v) is 13.7. The highest BCUT2D eigenvalue weighted by atomic mass is 16.4. The summed E-state index contributed by atoms with van der Waals surface area (Å²) in [6.45, 7) is 13.6. The summed E-state index contributed by atoms with van der Waals surface area (Å²) in [5.41, 5.74) is 0.0231. The van der Waals surface area contributed by atoms with Crippen LogP contribution >= 0.6 is 0 Å².